The van der Waals surface area contributed by atoms with E-state index in [9.17, 15) is 0 Å². The van der Waals surface area contributed by atoms with E-state index in [0.29, 0.717) is 19.0 Å². The van der Waals surface area contributed by atoms with Crippen molar-refractivity contribution in [2.75, 3.05) is 13.2 Å². The van der Waals surface area contributed by atoms with Crippen molar-refractivity contribution in [3.8, 4) is 11.5 Å². The average Bonchev–Trinajstić information content (AvgIpc) is 2.98. The molecule has 0 saturated heterocycles. The third kappa shape index (κ3) is 3.96. The SMILES string of the molecule is CCCOc1ccc(CCN)c(OCc2ncon2)c1. The van der Waals surface area contributed by atoms with E-state index in [0.717, 1.165) is 29.9 Å². The van der Waals surface area contributed by atoms with Crippen molar-refractivity contribution in [1.82, 2.24) is 10.1 Å². The minimum absolute atomic E-state index is 0.255. The maximum Gasteiger partial charge on any atom is 0.213 e. The number of hydrogen-bond donors (Lipinski definition) is 1. The normalized spacial score (nSPS) is 10.5. The van der Waals surface area contributed by atoms with Crippen LogP contribution in [0.3, 0.4) is 0 Å². The zero-order valence-corrected chi connectivity index (χ0v) is 11.5. The van der Waals surface area contributed by atoms with Gasteiger partial charge in [-0.05, 0) is 31.0 Å². The second-order valence-electron chi connectivity index (χ2n) is 4.29. The molecule has 6 heteroatoms. The predicted molar refractivity (Wildman–Crippen MR) is 73.6 cm³/mol. The van der Waals surface area contributed by atoms with Crippen LogP contribution >= 0.6 is 0 Å². The lowest BCUT2D eigenvalue weighted by molar-refractivity contribution is 0.278. The summed E-state index contributed by atoms with van der Waals surface area (Å²) in [6, 6.07) is 5.78. The highest BCUT2D eigenvalue weighted by molar-refractivity contribution is 5.41. The smallest absolute Gasteiger partial charge is 0.213 e. The highest BCUT2D eigenvalue weighted by atomic mass is 16.5. The van der Waals surface area contributed by atoms with E-state index in [1.807, 2.05) is 18.2 Å². The van der Waals surface area contributed by atoms with Crippen LogP contribution < -0.4 is 15.2 Å². The van der Waals surface area contributed by atoms with Crippen molar-refractivity contribution < 1.29 is 14.0 Å². The van der Waals surface area contributed by atoms with Crippen molar-refractivity contribution in [3.63, 3.8) is 0 Å². The second-order valence-corrected chi connectivity index (χ2v) is 4.29. The monoisotopic (exact) mass is 277 g/mol. The summed E-state index contributed by atoms with van der Waals surface area (Å²) >= 11 is 0. The first kappa shape index (κ1) is 14.3. The molecule has 0 fully saturated rings. The first-order valence-electron chi connectivity index (χ1n) is 6.67. The van der Waals surface area contributed by atoms with Crippen molar-refractivity contribution in [2.24, 2.45) is 5.73 Å². The van der Waals surface area contributed by atoms with Crippen LogP contribution in [0.4, 0.5) is 0 Å². The summed E-state index contributed by atoms with van der Waals surface area (Å²) in [4.78, 5) is 3.92. The van der Waals surface area contributed by atoms with Gasteiger partial charge in [-0.3, -0.25) is 0 Å². The maximum atomic E-state index is 5.73. The van der Waals surface area contributed by atoms with E-state index in [-0.39, 0.29) is 6.61 Å². The van der Waals surface area contributed by atoms with E-state index in [1.54, 1.807) is 0 Å². The van der Waals surface area contributed by atoms with Crippen molar-refractivity contribution in [1.29, 1.82) is 0 Å². The van der Waals surface area contributed by atoms with Crippen molar-refractivity contribution in [2.45, 2.75) is 26.4 Å². The van der Waals surface area contributed by atoms with Gasteiger partial charge in [0.25, 0.3) is 0 Å². The molecule has 1 aromatic carbocycles. The quantitative estimate of drug-likeness (QED) is 0.794. The van der Waals surface area contributed by atoms with Gasteiger partial charge in [-0.25, -0.2) is 0 Å². The fraction of sp³-hybridized carbons (Fsp3) is 0.429. The Morgan fingerprint density at radius 1 is 1.30 bits per heavy atom. The molecule has 2 rings (SSSR count). The molecule has 20 heavy (non-hydrogen) atoms. The topological polar surface area (TPSA) is 83.4 Å². The number of hydrogen-bond acceptors (Lipinski definition) is 6. The lowest BCUT2D eigenvalue weighted by Gasteiger charge is -2.12. The molecule has 2 N–H and O–H groups in total. The molecule has 0 radical (unpaired) electrons. The number of aromatic nitrogens is 2. The Kier molecular flexibility index (Phi) is 5.37. The average molecular weight is 277 g/mol. The molecule has 0 aliphatic rings. The van der Waals surface area contributed by atoms with Gasteiger partial charge < -0.3 is 19.7 Å². The Morgan fingerprint density at radius 2 is 2.20 bits per heavy atom. The minimum atomic E-state index is 0.255. The summed E-state index contributed by atoms with van der Waals surface area (Å²) in [5.41, 5.74) is 6.65. The summed E-state index contributed by atoms with van der Waals surface area (Å²) in [5, 5.41) is 3.71. The predicted octanol–water partition coefficient (Wildman–Crippen LogP) is 1.94. The van der Waals surface area contributed by atoms with Crippen LogP contribution in [-0.4, -0.2) is 23.3 Å². The summed E-state index contributed by atoms with van der Waals surface area (Å²) < 4.78 is 16.0. The molecule has 0 atom stereocenters. The number of benzene rings is 1. The lowest BCUT2D eigenvalue weighted by Crippen LogP contribution is -2.06. The third-order valence-electron chi connectivity index (χ3n) is 2.69. The van der Waals surface area contributed by atoms with Crippen LogP contribution in [-0.2, 0) is 13.0 Å². The summed E-state index contributed by atoms with van der Waals surface area (Å²) in [7, 11) is 0. The minimum Gasteiger partial charge on any atom is -0.493 e. The molecule has 1 aromatic heterocycles. The molecular formula is C14H19N3O3. The van der Waals surface area contributed by atoms with Crippen molar-refractivity contribution in [3.05, 3.63) is 36.0 Å². The lowest BCUT2D eigenvalue weighted by atomic mass is 10.1. The fourth-order valence-corrected chi connectivity index (χ4v) is 1.74. The molecule has 0 aliphatic carbocycles. The molecule has 0 amide bonds. The van der Waals surface area contributed by atoms with Gasteiger partial charge in [0.2, 0.25) is 12.2 Å². The number of nitrogens with two attached hydrogens (primary N) is 1. The van der Waals surface area contributed by atoms with Gasteiger partial charge in [-0.2, -0.15) is 4.98 Å². The number of ether oxygens (including phenoxy) is 2. The van der Waals surface area contributed by atoms with Gasteiger partial charge in [0.05, 0.1) is 6.61 Å². The van der Waals surface area contributed by atoms with E-state index >= 15 is 0 Å². The van der Waals surface area contributed by atoms with E-state index in [1.165, 1.54) is 6.39 Å². The first-order chi connectivity index (χ1) is 9.83. The molecule has 6 nitrogen and oxygen atoms in total. The maximum absolute atomic E-state index is 5.73. The van der Waals surface area contributed by atoms with Crippen LogP contribution in [0, 0.1) is 0 Å². The fourth-order valence-electron chi connectivity index (χ4n) is 1.74. The highest BCUT2D eigenvalue weighted by Crippen LogP contribution is 2.26. The van der Waals surface area contributed by atoms with Crippen LogP contribution in [0.15, 0.2) is 29.1 Å². The Balaban J connectivity index is 2.08. The molecule has 0 spiro atoms. The van der Waals surface area contributed by atoms with E-state index < -0.39 is 0 Å². The van der Waals surface area contributed by atoms with Gasteiger partial charge in [0.15, 0.2) is 6.61 Å². The van der Waals surface area contributed by atoms with Crippen LogP contribution in [0.5, 0.6) is 11.5 Å². The van der Waals surface area contributed by atoms with E-state index in [4.69, 9.17) is 15.2 Å². The summed E-state index contributed by atoms with van der Waals surface area (Å²) in [6.07, 6.45) is 2.99. The largest absolute Gasteiger partial charge is 0.493 e. The Morgan fingerprint density at radius 3 is 2.90 bits per heavy atom. The van der Waals surface area contributed by atoms with Gasteiger partial charge >= 0.3 is 0 Å². The zero-order chi connectivity index (χ0) is 14.2. The zero-order valence-electron chi connectivity index (χ0n) is 11.5. The van der Waals surface area contributed by atoms with E-state index in [2.05, 4.69) is 21.6 Å². The molecule has 0 aliphatic heterocycles. The molecule has 0 saturated carbocycles. The van der Waals surface area contributed by atoms with Crippen LogP contribution in [0.25, 0.3) is 0 Å². The summed E-state index contributed by atoms with van der Waals surface area (Å²) in [6.45, 7) is 3.57. The second kappa shape index (κ2) is 7.49. The number of nitrogens with zero attached hydrogens (tertiary/aromatic N) is 2. The highest BCUT2D eigenvalue weighted by Gasteiger charge is 2.08. The van der Waals surface area contributed by atoms with Gasteiger partial charge in [0, 0.05) is 6.07 Å². The molecular weight excluding hydrogens is 258 g/mol. The third-order valence-corrected chi connectivity index (χ3v) is 2.69. The standard InChI is InChI=1S/C14H19N3O3/c1-2-7-18-12-4-3-11(5-6-15)13(8-12)19-9-14-16-10-20-17-14/h3-4,8,10H,2,5-7,9,15H2,1H3. The summed E-state index contributed by atoms with van der Waals surface area (Å²) in [5.74, 6) is 2.04. The molecule has 2 aromatic rings. The first-order valence-corrected chi connectivity index (χ1v) is 6.67. The Labute approximate surface area is 117 Å². The Bertz CT molecular complexity index is 514. The molecule has 0 bridgehead atoms. The van der Waals surface area contributed by atoms with Gasteiger partial charge in [0.1, 0.15) is 11.5 Å². The molecule has 108 valence electrons. The van der Waals surface area contributed by atoms with Gasteiger partial charge in [-0.1, -0.05) is 18.1 Å². The van der Waals surface area contributed by atoms with Crippen LogP contribution in [0.1, 0.15) is 24.7 Å². The molecule has 0 unspecified atom stereocenters. The Hall–Kier alpha value is -2.08. The van der Waals surface area contributed by atoms with Gasteiger partial charge in [-0.15, -0.1) is 0 Å². The molecule has 1 heterocycles. The van der Waals surface area contributed by atoms with Crippen molar-refractivity contribution >= 4 is 0 Å². The van der Waals surface area contributed by atoms with Crippen LogP contribution in [0.2, 0.25) is 0 Å². The number of rotatable bonds is 8.